The number of amides is 2. The standard InChI is InChI=1S/C12H19N5O/c1-4-17(5-2)11(13)16-12(18)15-10-9(3)7-6-8-14-10/h6-8H,4-5H2,1-3H3,(H3,13,14,15,16,18). The highest BCUT2D eigenvalue weighted by Gasteiger charge is 2.10. The first-order valence-corrected chi connectivity index (χ1v) is 5.91. The number of rotatable bonds is 3. The van der Waals surface area contributed by atoms with Crippen molar-refractivity contribution in [1.82, 2.24) is 15.2 Å². The Labute approximate surface area is 107 Å². The van der Waals surface area contributed by atoms with E-state index in [0.717, 1.165) is 5.56 Å². The summed E-state index contributed by atoms with van der Waals surface area (Å²) in [7, 11) is 0. The number of anilines is 1. The summed E-state index contributed by atoms with van der Waals surface area (Å²) in [6.45, 7) is 7.08. The Hall–Kier alpha value is -2.11. The van der Waals surface area contributed by atoms with Gasteiger partial charge in [-0.1, -0.05) is 6.07 Å². The Morgan fingerprint density at radius 1 is 1.44 bits per heavy atom. The molecule has 98 valence electrons. The molecule has 1 aromatic rings. The van der Waals surface area contributed by atoms with Gasteiger partial charge in [-0.2, -0.15) is 0 Å². The number of nitrogens with zero attached hydrogens (tertiary/aromatic N) is 2. The van der Waals surface area contributed by atoms with Crippen LogP contribution < -0.4 is 10.6 Å². The van der Waals surface area contributed by atoms with Crippen molar-refractivity contribution in [3.05, 3.63) is 23.9 Å². The molecule has 1 aromatic heterocycles. The first-order chi connectivity index (χ1) is 8.58. The highest BCUT2D eigenvalue weighted by Crippen LogP contribution is 2.08. The largest absolute Gasteiger partial charge is 0.343 e. The maximum atomic E-state index is 11.7. The van der Waals surface area contributed by atoms with Gasteiger partial charge < -0.3 is 4.90 Å². The molecule has 0 aliphatic heterocycles. The van der Waals surface area contributed by atoms with Crippen LogP contribution in [0, 0.1) is 12.3 Å². The molecular weight excluding hydrogens is 230 g/mol. The lowest BCUT2D eigenvalue weighted by Gasteiger charge is -2.21. The van der Waals surface area contributed by atoms with Crippen molar-refractivity contribution >= 4 is 17.8 Å². The van der Waals surface area contributed by atoms with Gasteiger partial charge in [-0.25, -0.2) is 9.78 Å². The maximum Gasteiger partial charge on any atom is 0.327 e. The summed E-state index contributed by atoms with van der Waals surface area (Å²) in [5.74, 6) is 0.591. The topological polar surface area (TPSA) is 81.1 Å². The van der Waals surface area contributed by atoms with Gasteiger partial charge in [0.05, 0.1) is 0 Å². The van der Waals surface area contributed by atoms with E-state index in [1.54, 1.807) is 17.2 Å². The summed E-state index contributed by atoms with van der Waals surface area (Å²) in [4.78, 5) is 17.5. The molecule has 0 atom stereocenters. The fourth-order valence-corrected chi connectivity index (χ4v) is 1.48. The smallest absolute Gasteiger partial charge is 0.327 e. The summed E-state index contributed by atoms with van der Waals surface area (Å²) in [6, 6.07) is 3.21. The van der Waals surface area contributed by atoms with Crippen LogP contribution in [0.4, 0.5) is 10.6 Å². The SMILES string of the molecule is CCN(CC)C(=N)NC(=O)Nc1ncccc1C. The molecular formula is C12H19N5O. The molecule has 2 amide bonds. The highest BCUT2D eigenvalue weighted by molar-refractivity contribution is 6.01. The van der Waals surface area contributed by atoms with E-state index < -0.39 is 6.03 Å². The molecule has 6 heteroatoms. The molecule has 0 radical (unpaired) electrons. The number of urea groups is 1. The van der Waals surface area contributed by atoms with Crippen molar-refractivity contribution in [3.63, 3.8) is 0 Å². The maximum absolute atomic E-state index is 11.7. The summed E-state index contributed by atoms with van der Waals surface area (Å²) in [5.41, 5.74) is 0.877. The summed E-state index contributed by atoms with van der Waals surface area (Å²) in [6.07, 6.45) is 1.61. The van der Waals surface area contributed by atoms with Crippen LogP contribution in [0.1, 0.15) is 19.4 Å². The lowest BCUT2D eigenvalue weighted by molar-refractivity contribution is 0.254. The van der Waals surface area contributed by atoms with Gasteiger partial charge in [-0.15, -0.1) is 0 Å². The number of hydrogen-bond donors (Lipinski definition) is 3. The second kappa shape index (κ2) is 6.58. The van der Waals surface area contributed by atoms with Gasteiger partial charge in [0.15, 0.2) is 5.96 Å². The van der Waals surface area contributed by atoms with E-state index in [1.165, 1.54) is 0 Å². The van der Waals surface area contributed by atoms with E-state index >= 15 is 0 Å². The highest BCUT2D eigenvalue weighted by atomic mass is 16.2. The number of aromatic nitrogens is 1. The number of hydrogen-bond acceptors (Lipinski definition) is 3. The number of nitrogens with one attached hydrogen (secondary N) is 3. The summed E-state index contributed by atoms with van der Waals surface area (Å²) in [5, 5.41) is 12.8. The van der Waals surface area contributed by atoms with E-state index in [1.807, 2.05) is 26.8 Å². The Kier molecular flexibility index (Phi) is 5.10. The van der Waals surface area contributed by atoms with Crippen molar-refractivity contribution in [2.45, 2.75) is 20.8 Å². The Morgan fingerprint density at radius 3 is 2.67 bits per heavy atom. The van der Waals surface area contributed by atoms with Crippen molar-refractivity contribution in [2.24, 2.45) is 0 Å². The van der Waals surface area contributed by atoms with Crippen LogP contribution >= 0.6 is 0 Å². The quantitative estimate of drug-likeness (QED) is 0.564. The predicted octanol–water partition coefficient (Wildman–Crippen LogP) is 1.79. The lowest BCUT2D eigenvalue weighted by atomic mass is 10.3. The van der Waals surface area contributed by atoms with Crippen molar-refractivity contribution in [1.29, 1.82) is 5.41 Å². The predicted molar refractivity (Wildman–Crippen MR) is 71.8 cm³/mol. The molecule has 18 heavy (non-hydrogen) atoms. The summed E-state index contributed by atoms with van der Waals surface area (Å²) >= 11 is 0. The Balaban J connectivity index is 2.57. The number of carbonyl (C=O) groups is 1. The fraction of sp³-hybridized carbons (Fsp3) is 0.417. The van der Waals surface area contributed by atoms with Crippen LogP contribution in [-0.2, 0) is 0 Å². The third kappa shape index (κ3) is 3.73. The molecule has 1 heterocycles. The van der Waals surface area contributed by atoms with E-state index in [-0.39, 0.29) is 5.96 Å². The minimum atomic E-state index is -0.450. The van der Waals surface area contributed by atoms with E-state index in [9.17, 15) is 4.79 Å². The van der Waals surface area contributed by atoms with Gasteiger partial charge in [0, 0.05) is 19.3 Å². The zero-order valence-corrected chi connectivity index (χ0v) is 10.9. The third-order valence-corrected chi connectivity index (χ3v) is 2.55. The fourth-order valence-electron chi connectivity index (χ4n) is 1.48. The normalized spacial score (nSPS) is 9.72. The second-order valence-electron chi connectivity index (χ2n) is 3.77. The molecule has 0 aliphatic rings. The van der Waals surface area contributed by atoms with E-state index in [2.05, 4.69) is 15.6 Å². The van der Waals surface area contributed by atoms with Gasteiger partial charge in [0.25, 0.3) is 0 Å². The second-order valence-corrected chi connectivity index (χ2v) is 3.77. The molecule has 1 rings (SSSR count). The lowest BCUT2D eigenvalue weighted by Crippen LogP contribution is -2.45. The molecule has 0 fully saturated rings. The average Bonchev–Trinajstić information content (AvgIpc) is 2.33. The zero-order chi connectivity index (χ0) is 13.5. The van der Waals surface area contributed by atoms with Crippen LogP contribution in [0.25, 0.3) is 0 Å². The van der Waals surface area contributed by atoms with Crippen LogP contribution in [-0.4, -0.2) is 35.0 Å². The van der Waals surface area contributed by atoms with Crippen molar-refractivity contribution < 1.29 is 4.79 Å². The minimum Gasteiger partial charge on any atom is -0.343 e. The van der Waals surface area contributed by atoms with Gasteiger partial charge in [-0.05, 0) is 32.4 Å². The van der Waals surface area contributed by atoms with Crippen LogP contribution in [0.2, 0.25) is 0 Å². The molecule has 0 unspecified atom stereocenters. The Morgan fingerprint density at radius 2 is 2.11 bits per heavy atom. The molecule has 0 saturated heterocycles. The number of pyridine rings is 1. The first-order valence-electron chi connectivity index (χ1n) is 5.91. The average molecular weight is 249 g/mol. The van der Waals surface area contributed by atoms with Gasteiger partial charge in [0.1, 0.15) is 5.82 Å². The van der Waals surface area contributed by atoms with Crippen LogP contribution in [0.15, 0.2) is 18.3 Å². The molecule has 0 spiro atoms. The van der Waals surface area contributed by atoms with E-state index in [4.69, 9.17) is 5.41 Å². The monoisotopic (exact) mass is 249 g/mol. The van der Waals surface area contributed by atoms with E-state index in [0.29, 0.717) is 18.9 Å². The molecule has 0 aliphatic carbocycles. The molecule has 3 N–H and O–H groups in total. The Bertz CT molecular complexity index is 428. The molecule has 0 saturated carbocycles. The van der Waals surface area contributed by atoms with Crippen LogP contribution in [0.5, 0.6) is 0 Å². The molecule has 0 bridgehead atoms. The summed E-state index contributed by atoms with van der Waals surface area (Å²) < 4.78 is 0. The van der Waals surface area contributed by atoms with Gasteiger partial charge in [-0.3, -0.25) is 16.0 Å². The van der Waals surface area contributed by atoms with Gasteiger partial charge >= 0.3 is 6.03 Å². The molecule has 6 nitrogen and oxygen atoms in total. The van der Waals surface area contributed by atoms with Crippen molar-refractivity contribution in [2.75, 3.05) is 18.4 Å². The van der Waals surface area contributed by atoms with Gasteiger partial charge in [0.2, 0.25) is 0 Å². The molecule has 0 aromatic carbocycles. The zero-order valence-electron chi connectivity index (χ0n) is 10.9. The first kappa shape index (κ1) is 14.0. The third-order valence-electron chi connectivity index (χ3n) is 2.55. The number of carbonyl (C=O) groups excluding carboxylic acids is 1. The minimum absolute atomic E-state index is 0.0890. The number of aryl methyl sites for hydroxylation is 1. The van der Waals surface area contributed by atoms with Crippen molar-refractivity contribution in [3.8, 4) is 0 Å². The number of guanidine groups is 1. The van der Waals surface area contributed by atoms with Crippen LogP contribution in [0.3, 0.4) is 0 Å².